The number of Topliss-reactive ketones (excluding diaryl/α,β-unsaturated/α-hetero) is 3. The smallest absolute Gasteiger partial charge is 0.220 e. The van der Waals surface area contributed by atoms with Crippen molar-refractivity contribution in [1.82, 2.24) is 5.32 Å². The maximum Gasteiger partial charge on any atom is 0.220 e. The normalized spacial score (nSPS) is 10.9. The summed E-state index contributed by atoms with van der Waals surface area (Å²) in [6, 6.07) is 0. The number of nitrogens with one attached hydrogen (secondary N) is 1. The van der Waals surface area contributed by atoms with Crippen LogP contribution in [0.2, 0.25) is 0 Å². The molecule has 5 heteroatoms. The Morgan fingerprint density at radius 1 is 0.783 bits per heavy atom. The van der Waals surface area contributed by atoms with E-state index in [9.17, 15) is 19.2 Å². The first-order valence-corrected chi connectivity index (χ1v) is 8.55. The van der Waals surface area contributed by atoms with Crippen molar-refractivity contribution in [2.45, 2.75) is 72.6 Å². The summed E-state index contributed by atoms with van der Waals surface area (Å²) in [4.78, 5) is 46.1. The molecule has 0 unspecified atom stereocenters. The second-order valence-corrected chi connectivity index (χ2v) is 6.78. The first-order chi connectivity index (χ1) is 10.7. The van der Waals surface area contributed by atoms with E-state index in [-0.39, 0.29) is 35.7 Å². The Kier molecular flexibility index (Phi) is 11.2. The van der Waals surface area contributed by atoms with Crippen LogP contribution in [0.25, 0.3) is 0 Å². The third-order valence-corrected chi connectivity index (χ3v) is 3.53. The monoisotopic (exact) mass is 325 g/mol. The lowest BCUT2D eigenvalue weighted by Crippen LogP contribution is -2.31. The molecular formula is C18H31NO4. The fraction of sp³-hybridized carbons (Fsp3) is 0.778. The predicted molar refractivity (Wildman–Crippen MR) is 90.0 cm³/mol. The maximum atomic E-state index is 11.7. The molecule has 0 aromatic rings. The number of unbranched alkanes of at least 4 members (excludes halogenated alkanes) is 1. The van der Waals surface area contributed by atoms with E-state index in [2.05, 4.69) is 5.32 Å². The zero-order valence-electron chi connectivity index (χ0n) is 14.9. The van der Waals surface area contributed by atoms with Crippen LogP contribution in [-0.4, -0.2) is 29.8 Å². The average molecular weight is 325 g/mol. The van der Waals surface area contributed by atoms with E-state index in [4.69, 9.17) is 0 Å². The Morgan fingerprint density at radius 3 is 1.91 bits per heavy atom. The van der Waals surface area contributed by atoms with Gasteiger partial charge in [0.1, 0.15) is 11.6 Å². The van der Waals surface area contributed by atoms with Gasteiger partial charge in [0.05, 0.1) is 6.54 Å². The first kappa shape index (κ1) is 21.5. The van der Waals surface area contributed by atoms with Gasteiger partial charge in [0.15, 0.2) is 5.78 Å². The molecule has 5 nitrogen and oxygen atoms in total. The lowest BCUT2D eigenvalue weighted by Gasteiger charge is -2.06. The molecule has 0 aliphatic carbocycles. The predicted octanol–water partition coefficient (Wildman–Crippen LogP) is 2.85. The molecule has 1 amide bonds. The van der Waals surface area contributed by atoms with Gasteiger partial charge in [0.25, 0.3) is 0 Å². The summed E-state index contributed by atoms with van der Waals surface area (Å²) >= 11 is 0. The zero-order valence-corrected chi connectivity index (χ0v) is 14.9. The van der Waals surface area contributed by atoms with Gasteiger partial charge >= 0.3 is 0 Å². The molecule has 0 aliphatic heterocycles. The molecule has 0 fully saturated rings. The van der Waals surface area contributed by atoms with Crippen LogP contribution in [-0.2, 0) is 19.2 Å². The van der Waals surface area contributed by atoms with Crippen LogP contribution < -0.4 is 5.32 Å². The van der Waals surface area contributed by atoms with Crippen molar-refractivity contribution in [2.24, 2.45) is 11.8 Å². The van der Waals surface area contributed by atoms with Crippen molar-refractivity contribution in [1.29, 1.82) is 0 Å². The topological polar surface area (TPSA) is 80.3 Å². The molecule has 23 heavy (non-hydrogen) atoms. The number of hydrogen-bond acceptors (Lipinski definition) is 4. The van der Waals surface area contributed by atoms with Crippen LogP contribution in [0.15, 0.2) is 0 Å². The van der Waals surface area contributed by atoms with Gasteiger partial charge in [-0.05, 0) is 18.8 Å². The highest BCUT2D eigenvalue weighted by Gasteiger charge is 2.11. The number of amides is 1. The minimum Gasteiger partial charge on any atom is -0.349 e. The fourth-order valence-electron chi connectivity index (χ4n) is 2.05. The first-order valence-electron chi connectivity index (χ1n) is 8.55. The molecule has 0 aromatic carbocycles. The van der Waals surface area contributed by atoms with Crippen molar-refractivity contribution in [2.75, 3.05) is 6.54 Å². The van der Waals surface area contributed by atoms with Crippen molar-refractivity contribution in [3.8, 4) is 0 Å². The Balaban J connectivity index is 3.67. The van der Waals surface area contributed by atoms with Gasteiger partial charge < -0.3 is 5.32 Å². The average Bonchev–Trinajstić information content (AvgIpc) is 2.46. The van der Waals surface area contributed by atoms with E-state index >= 15 is 0 Å². The quantitative estimate of drug-likeness (QED) is 0.528. The van der Waals surface area contributed by atoms with Crippen molar-refractivity contribution in [3.05, 3.63) is 0 Å². The van der Waals surface area contributed by atoms with Gasteiger partial charge in [-0.2, -0.15) is 0 Å². The lowest BCUT2D eigenvalue weighted by atomic mass is 10.0. The maximum absolute atomic E-state index is 11.7. The number of carbonyl (C=O) groups is 4. The van der Waals surface area contributed by atoms with Crippen molar-refractivity contribution in [3.63, 3.8) is 0 Å². The number of rotatable bonds is 13. The molecule has 0 rings (SSSR count). The van der Waals surface area contributed by atoms with E-state index in [0.717, 1.165) is 0 Å². The molecule has 0 spiro atoms. The van der Waals surface area contributed by atoms with Crippen molar-refractivity contribution < 1.29 is 19.2 Å². The molecule has 0 bridgehead atoms. The molecule has 0 aromatic heterocycles. The van der Waals surface area contributed by atoms with Gasteiger partial charge in [-0.25, -0.2) is 0 Å². The number of hydrogen-bond donors (Lipinski definition) is 1. The van der Waals surface area contributed by atoms with Gasteiger partial charge in [0.2, 0.25) is 5.91 Å². The largest absolute Gasteiger partial charge is 0.349 e. The van der Waals surface area contributed by atoms with Crippen LogP contribution in [0, 0.1) is 11.8 Å². The SMILES string of the molecule is CC(C)CC(=O)CCC(=O)CCCCC(=O)NCC(=O)C(C)C. The van der Waals surface area contributed by atoms with Gasteiger partial charge in [-0.3, -0.25) is 19.2 Å². The summed E-state index contributed by atoms with van der Waals surface area (Å²) in [5.41, 5.74) is 0. The lowest BCUT2D eigenvalue weighted by molar-refractivity contribution is -0.126. The summed E-state index contributed by atoms with van der Waals surface area (Å²) in [6.45, 7) is 7.64. The van der Waals surface area contributed by atoms with Gasteiger partial charge in [0, 0.05) is 38.0 Å². The molecule has 0 aliphatic rings. The minimum absolute atomic E-state index is 0.0135. The van der Waals surface area contributed by atoms with Crippen LogP contribution in [0.4, 0.5) is 0 Å². The highest BCUT2D eigenvalue weighted by Crippen LogP contribution is 2.08. The van der Waals surface area contributed by atoms with Crippen LogP contribution in [0.1, 0.15) is 72.6 Å². The zero-order chi connectivity index (χ0) is 17.8. The second kappa shape index (κ2) is 12.0. The van der Waals surface area contributed by atoms with E-state index in [1.54, 1.807) is 13.8 Å². The van der Waals surface area contributed by atoms with Crippen LogP contribution >= 0.6 is 0 Å². The van der Waals surface area contributed by atoms with E-state index in [1.165, 1.54) is 0 Å². The van der Waals surface area contributed by atoms with Gasteiger partial charge in [-0.15, -0.1) is 0 Å². The van der Waals surface area contributed by atoms with Crippen LogP contribution in [0.5, 0.6) is 0 Å². The summed E-state index contributed by atoms with van der Waals surface area (Å²) in [5.74, 6) is 0.336. The summed E-state index contributed by atoms with van der Waals surface area (Å²) < 4.78 is 0. The third-order valence-electron chi connectivity index (χ3n) is 3.53. The van der Waals surface area contributed by atoms with Crippen LogP contribution in [0.3, 0.4) is 0 Å². The Labute approximate surface area is 139 Å². The molecule has 0 atom stereocenters. The Hall–Kier alpha value is -1.52. The summed E-state index contributed by atoms with van der Waals surface area (Å²) in [7, 11) is 0. The Bertz CT molecular complexity index is 413. The van der Waals surface area contributed by atoms with E-state index in [1.807, 2.05) is 13.8 Å². The fourth-order valence-corrected chi connectivity index (χ4v) is 2.05. The van der Waals surface area contributed by atoms with E-state index < -0.39 is 0 Å². The summed E-state index contributed by atoms with van der Waals surface area (Å²) in [6.07, 6.45) is 3.16. The van der Waals surface area contributed by atoms with Crippen molar-refractivity contribution >= 4 is 23.3 Å². The molecular weight excluding hydrogens is 294 g/mol. The number of carbonyl (C=O) groups excluding carboxylic acids is 4. The third kappa shape index (κ3) is 12.7. The highest BCUT2D eigenvalue weighted by atomic mass is 16.2. The standard InChI is InChI=1S/C18H31NO4/c1-13(2)11-16(21)10-9-15(20)7-5-6-8-18(23)19-12-17(22)14(3)4/h13-14H,5-12H2,1-4H3,(H,19,23). The Morgan fingerprint density at radius 2 is 1.35 bits per heavy atom. The molecule has 0 heterocycles. The molecule has 1 N–H and O–H groups in total. The molecule has 0 saturated heterocycles. The second-order valence-electron chi connectivity index (χ2n) is 6.78. The minimum atomic E-state index is -0.154. The molecule has 132 valence electrons. The highest BCUT2D eigenvalue weighted by molar-refractivity contribution is 5.87. The van der Waals surface area contributed by atoms with Gasteiger partial charge in [-0.1, -0.05) is 27.7 Å². The summed E-state index contributed by atoms with van der Waals surface area (Å²) in [5, 5.41) is 2.59. The molecule has 0 radical (unpaired) electrons. The van der Waals surface area contributed by atoms with E-state index in [0.29, 0.717) is 50.9 Å². The molecule has 0 saturated carbocycles. The number of ketones is 3.